The number of ether oxygens (including phenoxy) is 2. The normalized spacial score (nSPS) is 15.1. The van der Waals surface area contributed by atoms with Gasteiger partial charge in [0.1, 0.15) is 12.6 Å². The van der Waals surface area contributed by atoms with Crippen molar-refractivity contribution >= 4 is 18.0 Å². The Bertz CT molecular complexity index is 992. The number of alkyl carbamates (subject to hydrolysis) is 1. The number of carboxylic acids is 1. The van der Waals surface area contributed by atoms with Gasteiger partial charge in [0.05, 0.1) is 12.0 Å². The summed E-state index contributed by atoms with van der Waals surface area (Å²) in [6.07, 6.45) is -1.40. The lowest BCUT2D eigenvalue weighted by Gasteiger charge is -2.25. The minimum atomic E-state index is -1.04. The predicted octanol–water partition coefficient (Wildman–Crippen LogP) is 3.40. The number of carbonyl (C=O) groups excluding carboxylic acids is 2. The maximum atomic E-state index is 12.8. The molecule has 2 aromatic carbocycles. The van der Waals surface area contributed by atoms with Crippen molar-refractivity contribution in [2.75, 3.05) is 20.3 Å². The van der Waals surface area contributed by atoms with Crippen molar-refractivity contribution in [2.45, 2.75) is 38.8 Å². The summed E-state index contributed by atoms with van der Waals surface area (Å²) in [7, 11) is 1.43. The average Bonchev–Trinajstić information content (AvgIpc) is 3.14. The summed E-state index contributed by atoms with van der Waals surface area (Å²) < 4.78 is 10.8. The first-order valence-corrected chi connectivity index (χ1v) is 11.4. The molecule has 182 valence electrons. The Morgan fingerprint density at radius 2 is 1.53 bits per heavy atom. The number of hydrogen-bond acceptors (Lipinski definition) is 5. The van der Waals surface area contributed by atoms with Gasteiger partial charge in [0.15, 0.2) is 0 Å². The summed E-state index contributed by atoms with van der Waals surface area (Å²) >= 11 is 0. The molecule has 0 radical (unpaired) electrons. The third-order valence-electron chi connectivity index (χ3n) is 6.36. The summed E-state index contributed by atoms with van der Waals surface area (Å²) in [4.78, 5) is 36.8. The van der Waals surface area contributed by atoms with Gasteiger partial charge in [0.2, 0.25) is 5.91 Å². The smallest absolute Gasteiger partial charge is 0.407 e. The zero-order valence-corrected chi connectivity index (χ0v) is 19.9. The molecule has 0 fully saturated rings. The van der Waals surface area contributed by atoms with Gasteiger partial charge in [-0.05, 0) is 35.1 Å². The number of nitrogens with one attached hydrogen (secondary N) is 2. The van der Waals surface area contributed by atoms with Crippen LogP contribution in [-0.4, -0.2) is 55.5 Å². The first kappa shape index (κ1) is 25.2. The lowest BCUT2D eigenvalue weighted by molar-refractivity contribution is -0.143. The van der Waals surface area contributed by atoms with E-state index >= 15 is 0 Å². The van der Waals surface area contributed by atoms with Crippen LogP contribution in [-0.2, 0) is 19.1 Å². The van der Waals surface area contributed by atoms with Crippen molar-refractivity contribution in [1.29, 1.82) is 0 Å². The number of amides is 2. The maximum Gasteiger partial charge on any atom is 0.407 e. The highest BCUT2D eigenvalue weighted by Crippen LogP contribution is 2.44. The minimum Gasteiger partial charge on any atom is -0.481 e. The van der Waals surface area contributed by atoms with Crippen LogP contribution in [0.1, 0.15) is 37.8 Å². The molecule has 0 saturated carbocycles. The first-order valence-electron chi connectivity index (χ1n) is 11.4. The van der Waals surface area contributed by atoms with Gasteiger partial charge < -0.3 is 25.2 Å². The van der Waals surface area contributed by atoms with E-state index in [1.165, 1.54) is 7.11 Å². The molecule has 34 heavy (non-hydrogen) atoms. The largest absolute Gasteiger partial charge is 0.481 e. The number of aliphatic carboxylic acids is 1. The molecule has 1 aliphatic rings. The van der Waals surface area contributed by atoms with Crippen LogP contribution in [0.3, 0.4) is 0 Å². The zero-order valence-electron chi connectivity index (χ0n) is 19.9. The molecule has 0 spiro atoms. The summed E-state index contributed by atoms with van der Waals surface area (Å²) in [5.41, 5.74) is 4.42. The van der Waals surface area contributed by atoms with Gasteiger partial charge in [-0.2, -0.15) is 0 Å². The van der Waals surface area contributed by atoms with E-state index in [-0.39, 0.29) is 25.0 Å². The fourth-order valence-corrected chi connectivity index (χ4v) is 4.23. The zero-order chi connectivity index (χ0) is 24.8. The van der Waals surface area contributed by atoms with Crippen molar-refractivity contribution in [3.63, 3.8) is 0 Å². The quantitative estimate of drug-likeness (QED) is 0.493. The lowest BCUT2D eigenvalue weighted by atomic mass is 9.96. The van der Waals surface area contributed by atoms with E-state index in [0.717, 1.165) is 22.3 Å². The van der Waals surface area contributed by atoms with Gasteiger partial charge >= 0.3 is 12.1 Å². The maximum absolute atomic E-state index is 12.8. The van der Waals surface area contributed by atoms with Crippen LogP contribution >= 0.6 is 0 Å². The fraction of sp³-hybridized carbons (Fsp3) is 0.423. The van der Waals surface area contributed by atoms with E-state index in [9.17, 15) is 19.5 Å². The molecule has 8 heteroatoms. The molecular weight excluding hydrogens is 436 g/mol. The number of rotatable bonds is 10. The number of carbonyl (C=O) groups is 3. The van der Waals surface area contributed by atoms with Crippen molar-refractivity contribution in [3.8, 4) is 11.1 Å². The standard InChI is InChI=1S/C26H32N2O6/c1-15(2)21(25(30)31)13-27-24(29)23(16(3)33-4)28-26(32)34-14-22-19-11-7-5-9-17(19)18-10-6-8-12-20(18)22/h5-12,15-16,21-23H,13-14H2,1-4H3,(H,27,29)(H,28,32)(H,30,31). The van der Waals surface area contributed by atoms with Crippen LogP contribution < -0.4 is 10.6 Å². The number of fused-ring (bicyclic) bond motifs is 3. The third-order valence-corrected chi connectivity index (χ3v) is 6.36. The Morgan fingerprint density at radius 3 is 2.03 bits per heavy atom. The fourth-order valence-electron chi connectivity index (χ4n) is 4.23. The highest BCUT2D eigenvalue weighted by atomic mass is 16.5. The molecule has 2 aromatic rings. The first-order chi connectivity index (χ1) is 16.2. The molecule has 3 N–H and O–H groups in total. The van der Waals surface area contributed by atoms with E-state index in [4.69, 9.17) is 9.47 Å². The molecule has 0 aliphatic heterocycles. The Morgan fingerprint density at radius 1 is 0.971 bits per heavy atom. The van der Waals surface area contributed by atoms with Crippen LogP contribution in [0.5, 0.6) is 0 Å². The highest BCUT2D eigenvalue weighted by molar-refractivity contribution is 5.86. The average molecular weight is 469 g/mol. The summed E-state index contributed by atoms with van der Waals surface area (Å²) in [6, 6.07) is 15.0. The monoisotopic (exact) mass is 468 g/mol. The van der Waals surface area contributed by atoms with Gasteiger partial charge in [0, 0.05) is 19.6 Å². The Kier molecular flexibility index (Phi) is 8.28. The van der Waals surface area contributed by atoms with Crippen LogP contribution in [0, 0.1) is 11.8 Å². The van der Waals surface area contributed by atoms with E-state index < -0.39 is 36.0 Å². The predicted molar refractivity (Wildman–Crippen MR) is 127 cm³/mol. The number of hydrogen-bond donors (Lipinski definition) is 3. The van der Waals surface area contributed by atoms with Gasteiger partial charge in [-0.3, -0.25) is 9.59 Å². The van der Waals surface area contributed by atoms with Gasteiger partial charge in [0.25, 0.3) is 0 Å². The third kappa shape index (κ3) is 5.56. The molecule has 2 amide bonds. The van der Waals surface area contributed by atoms with Gasteiger partial charge in [-0.15, -0.1) is 0 Å². The molecule has 0 bridgehead atoms. The minimum absolute atomic E-state index is 0.0505. The van der Waals surface area contributed by atoms with Crippen molar-refractivity contribution in [2.24, 2.45) is 11.8 Å². The number of methoxy groups -OCH3 is 1. The highest BCUT2D eigenvalue weighted by Gasteiger charge is 2.32. The van der Waals surface area contributed by atoms with Crippen LogP contribution in [0.15, 0.2) is 48.5 Å². The van der Waals surface area contributed by atoms with Crippen molar-refractivity contribution < 1.29 is 29.0 Å². The van der Waals surface area contributed by atoms with Gasteiger partial charge in [-0.25, -0.2) is 4.79 Å². The molecule has 1 aliphatic carbocycles. The van der Waals surface area contributed by atoms with Crippen LogP contribution in [0.2, 0.25) is 0 Å². The van der Waals surface area contributed by atoms with E-state index in [0.29, 0.717) is 0 Å². The number of carboxylic acid groups (broad SMARTS) is 1. The summed E-state index contributed by atoms with van der Waals surface area (Å²) in [5, 5.41) is 14.5. The Labute approximate surface area is 199 Å². The molecular formula is C26H32N2O6. The second-order valence-electron chi connectivity index (χ2n) is 8.82. The Hall–Kier alpha value is -3.39. The van der Waals surface area contributed by atoms with Crippen molar-refractivity contribution in [3.05, 3.63) is 59.7 Å². The number of benzene rings is 2. The molecule has 3 unspecified atom stereocenters. The lowest BCUT2D eigenvalue weighted by Crippen LogP contribution is -2.54. The summed E-state index contributed by atoms with van der Waals surface area (Å²) in [6.45, 7) is 5.25. The van der Waals surface area contributed by atoms with Crippen LogP contribution in [0.4, 0.5) is 4.79 Å². The van der Waals surface area contributed by atoms with E-state index in [1.807, 2.05) is 36.4 Å². The molecule has 0 aromatic heterocycles. The molecule has 3 rings (SSSR count). The molecule has 0 saturated heterocycles. The molecule has 3 atom stereocenters. The molecule has 0 heterocycles. The van der Waals surface area contributed by atoms with Crippen molar-refractivity contribution in [1.82, 2.24) is 10.6 Å². The Balaban J connectivity index is 1.64. The SMILES string of the molecule is COC(C)C(NC(=O)OCC1c2ccccc2-c2ccccc21)C(=O)NCC(C(=O)O)C(C)C. The van der Waals surface area contributed by atoms with Gasteiger partial charge in [-0.1, -0.05) is 62.4 Å². The second kappa shape index (κ2) is 11.2. The van der Waals surface area contributed by atoms with Crippen LogP contribution in [0.25, 0.3) is 11.1 Å². The molecule has 8 nitrogen and oxygen atoms in total. The topological polar surface area (TPSA) is 114 Å². The summed E-state index contributed by atoms with van der Waals surface area (Å²) in [5.74, 6) is -2.53. The van der Waals surface area contributed by atoms with E-state index in [1.54, 1.807) is 20.8 Å². The second-order valence-corrected chi connectivity index (χ2v) is 8.82. The van der Waals surface area contributed by atoms with E-state index in [2.05, 4.69) is 22.8 Å².